The predicted molar refractivity (Wildman–Crippen MR) is 49.4 cm³/mol. The van der Waals surface area contributed by atoms with Crippen molar-refractivity contribution in [1.29, 1.82) is 0 Å². The maximum Gasteiger partial charge on any atom is 0.522 e. The number of rotatable bonds is 7. The minimum atomic E-state index is -4.53. The van der Waals surface area contributed by atoms with Crippen LogP contribution in [0.25, 0.3) is 0 Å². The Morgan fingerprint density at radius 2 is 2.07 bits per heavy atom. The van der Waals surface area contributed by atoms with Crippen LogP contribution in [-0.2, 0) is 4.74 Å². The van der Waals surface area contributed by atoms with Gasteiger partial charge in [-0.1, -0.05) is 6.92 Å². The monoisotopic (exact) mass is 233 g/mol. The van der Waals surface area contributed by atoms with Gasteiger partial charge in [0.2, 0.25) is 0 Å². The van der Waals surface area contributed by atoms with Crippen LogP contribution in [0.3, 0.4) is 0 Å². The lowest BCUT2D eigenvalue weighted by Gasteiger charge is -2.15. The van der Waals surface area contributed by atoms with Crippen molar-refractivity contribution in [2.24, 2.45) is 0 Å². The van der Waals surface area contributed by atoms with E-state index in [1.807, 2.05) is 6.92 Å². The third-order valence-electron chi connectivity index (χ3n) is 1.75. The van der Waals surface area contributed by atoms with Crippen LogP contribution in [-0.4, -0.2) is 31.4 Å². The second kappa shape index (κ2) is 7.31. The van der Waals surface area contributed by atoms with E-state index in [9.17, 15) is 13.2 Å². The second-order valence-corrected chi connectivity index (χ2v) is 3.21. The maximum absolute atomic E-state index is 11.5. The first-order valence-electron chi connectivity index (χ1n) is 4.49. The number of alkyl halides is 4. The molecule has 0 amide bonds. The van der Waals surface area contributed by atoms with Gasteiger partial charge in [-0.3, -0.25) is 4.74 Å². The first-order chi connectivity index (χ1) is 6.49. The van der Waals surface area contributed by atoms with Gasteiger partial charge < -0.3 is 5.32 Å². The zero-order chi connectivity index (χ0) is 11.0. The van der Waals surface area contributed by atoms with E-state index >= 15 is 0 Å². The lowest BCUT2D eigenvalue weighted by Crippen LogP contribution is -2.33. The molecule has 0 fully saturated rings. The summed E-state index contributed by atoms with van der Waals surface area (Å²) in [7, 11) is 0. The predicted octanol–water partition coefficient (Wildman–Crippen LogP) is 2.52. The Bertz CT molecular complexity index is 143. The van der Waals surface area contributed by atoms with E-state index in [4.69, 9.17) is 11.6 Å². The number of hydrogen-bond donors (Lipinski definition) is 1. The van der Waals surface area contributed by atoms with Gasteiger partial charge in [-0.05, 0) is 12.8 Å². The van der Waals surface area contributed by atoms with Crippen LogP contribution in [0.5, 0.6) is 0 Å². The fraction of sp³-hybridized carbons (Fsp3) is 1.00. The van der Waals surface area contributed by atoms with Crippen molar-refractivity contribution >= 4 is 11.6 Å². The molecule has 0 spiro atoms. The maximum atomic E-state index is 11.5. The van der Waals surface area contributed by atoms with E-state index < -0.39 is 6.36 Å². The fourth-order valence-corrected chi connectivity index (χ4v) is 1.28. The molecule has 1 N–H and O–H groups in total. The van der Waals surface area contributed by atoms with Crippen LogP contribution in [0.4, 0.5) is 13.2 Å². The molecule has 86 valence electrons. The number of halogens is 4. The van der Waals surface area contributed by atoms with Gasteiger partial charge in [0.15, 0.2) is 0 Å². The SMILES string of the molecule is CCC(CCCl)NCCOC(F)(F)F. The quantitative estimate of drug-likeness (QED) is 0.539. The zero-order valence-electron chi connectivity index (χ0n) is 8.03. The molecule has 0 radical (unpaired) electrons. The van der Waals surface area contributed by atoms with Gasteiger partial charge >= 0.3 is 6.36 Å². The molecule has 0 aliphatic carbocycles. The van der Waals surface area contributed by atoms with E-state index in [-0.39, 0.29) is 19.2 Å². The molecule has 0 aliphatic heterocycles. The van der Waals surface area contributed by atoms with Crippen LogP contribution in [0.2, 0.25) is 0 Å². The van der Waals surface area contributed by atoms with Gasteiger partial charge in [-0.2, -0.15) is 0 Å². The second-order valence-electron chi connectivity index (χ2n) is 2.83. The molecule has 0 saturated carbocycles. The summed E-state index contributed by atoms with van der Waals surface area (Å²) in [5, 5.41) is 2.93. The minimum Gasteiger partial charge on any atom is -0.312 e. The van der Waals surface area contributed by atoms with E-state index in [0.717, 1.165) is 12.8 Å². The Morgan fingerprint density at radius 1 is 1.43 bits per heavy atom. The summed E-state index contributed by atoms with van der Waals surface area (Å²) >= 11 is 5.51. The van der Waals surface area contributed by atoms with Crippen molar-refractivity contribution in [3.05, 3.63) is 0 Å². The average Bonchev–Trinajstić information content (AvgIpc) is 2.08. The van der Waals surface area contributed by atoms with Crippen molar-refractivity contribution in [3.8, 4) is 0 Å². The highest BCUT2D eigenvalue weighted by Gasteiger charge is 2.28. The molecule has 0 rings (SSSR count). The van der Waals surface area contributed by atoms with Gasteiger partial charge in [0, 0.05) is 18.5 Å². The highest BCUT2D eigenvalue weighted by Crippen LogP contribution is 2.15. The molecule has 0 aromatic rings. The Hall–Kier alpha value is -0.0000000000000000555. The molecule has 1 atom stereocenters. The fourth-order valence-electron chi connectivity index (χ4n) is 1.01. The van der Waals surface area contributed by atoms with Crippen LogP contribution >= 0.6 is 11.6 Å². The lowest BCUT2D eigenvalue weighted by molar-refractivity contribution is -0.323. The Morgan fingerprint density at radius 3 is 2.50 bits per heavy atom. The largest absolute Gasteiger partial charge is 0.522 e. The summed E-state index contributed by atoms with van der Waals surface area (Å²) in [5.74, 6) is 0.506. The highest BCUT2D eigenvalue weighted by molar-refractivity contribution is 6.17. The number of ether oxygens (including phenoxy) is 1. The van der Waals surface area contributed by atoms with Gasteiger partial charge in [-0.25, -0.2) is 0 Å². The van der Waals surface area contributed by atoms with Crippen LogP contribution < -0.4 is 5.32 Å². The molecule has 0 aromatic carbocycles. The molecule has 0 saturated heterocycles. The molecule has 0 bridgehead atoms. The minimum absolute atomic E-state index is 0.171. The third-order valence-corrected chi connectivity index (χ3v) is 1.97. The molecule has 14 heavy (non-hydrogen) atoms. The molecule has 1 unspecified atom stereocenters. The normalized spacial score (nSPS) is 14.4. The molecular weight excluding hydrogens is 219 g/mol. The first-order valence-corrected chi connectivity index (χ1v) is 5.03. The van der Waals surface area contributed by atoms with Gasteiger partial charge in [0.05, 0.1) is 6.61 Å². The van der Waals surface area contributed by atoms with Crippen molar-refractivity contribution in [2.75, 3.05) is 19.0 Å². The third kappa shape index (κ3) is 8.59. The summed E-state index contributed by atoms with van der Waals surface area (Å²) in [5.41, 5.74) is 0. The summed E-state index contributed by atoms with van der Waals surface area (Å²) in [6, 6.07) is 0.171. The van der Waals surface area contributed by atoms with Crippen LogP contribution in [0, 0.1) is 0 Å². The topological polar surface area (TPSA) is 21.3 Å². The average molecular weight is 234 g/mol. The van der Waals surface area contributed by atoms with Crippen molar-refractivity contribution < 1.29 is 17.9 Å². The number of hydrogen-bond acceptors (Lipinski definition) is 2. The molecule has 0 aliphatic rings. The van der Waals surface area contributed by atoms with E-state index in [0.29, 0.717) is 5.88 Å². The Labute approximate surface area is 86.8 Å². The van der Waals surface area contributed by atoms with E-state index in [2.05, 4.69) is 10.1 Å². The Kier molecular flexibility index (Phi) is 7.31. The lowest BCUT2D eigenvalue weighted by atomic mass is 10.2. The van der Waals surface area contributed by atoms with Gasteiger partial charge in [0.1, 0.15) is 0 Å². The molecule has 6 heteroatoms. The van der Waals surface area contributed by atoms with Gasteiger partial charge in [-0.15, -0.1) is 24.8 Å². The molecule has 0 aromatic heterocycles. The van der Waals surface area contributed by atoms with Crippen molar-refractivity contribution in [2.45, 2.75) is 32.2 Å². The Balaban J connectivity index is 3.42. The van der Waals surface area contributed by atoms with Crippen LogP contribution in [0.1, 0.15) is 19.8 Å². The van der Waals surface area contributed by atoms with E-state index in [1.54, 1.807) is 0 Å². The van der Waals surface area contributed by atoms with Crippen molar-refractivity contribution in [1.82, 2.24) is 5.32 Å². The first kappa shape index (κ1) is 14.0. The summed E-state index contributed by atoms with van der Waals surface area (Å²) < 4.78 is 38.2. The summed E-state index contributed by atoms with van der Waals surface area (Å²) in [6.07, 6.45) is -2.93. The highest BCUT2D eigenvalue weighted by atomic mass is 35.5. The summed E-state index contributed by atoms with van der Waals surface area (Å²) in [6.45, 7) is 1.78. The van der Waals surface area contributed by atoms with Crippen molar-refractivity contribution in [3.63, 3.8) is 0 Å². The molecule has 2 nitrogen and oxygen atoms in total. The summed E-state index contributed by atoms with van der Waals surface area (Å²) in [4.78, 5) is 0. The molecular formula is C8H15ClF3NO. The standard InChI is InChI=1S/C8H15ClF3NO/c1-2-7(3-4-9)13-5-6-14-8(10,11)12/h7,13H,2-6H2,1H3. The number of nitrogens with one attached hydrogen (secondary N) is 1. The smallest absolute Gasteiger partial charge is 0.312 e. The van der Waals surface area contributed by atoms with Crippen LogP contribution in [0.15, 0.2) is 0 Å². The molecule has 0 heterocycles. The van der Waals surface area contributed by atoms with E-state index in [1.165, 1.54) is 0 Å². The van der Waals surface area contributed by atoms with Gasteiger partial charge in [0.25, 0.3) is 0 Å². The zero-order valence-corrected chi connectivity index (χ0v) is 8.79.